The molecule has 2 aromatic carbocycles. The van der Waals surface area contributed by atoms with Gasteiger partial charge in [0, 0.05) is 67.8 Å². The molecule has 2 atom stereocenters. The molecule has 13 nitrogen and oxygen atoms in total. The highest BCUT2D eigenvalue weighted by Gasteiger charge is 2.27. The van der Waals surface area contributed by atoms with Crippen molar-refractivity contribution in [1.82, 2.24) is 24.8 Å². The van der Waals surface area contributed by atoms with Gasteiger partial charge in [-0.15, -0.1) is 0 Å². The molecule has 0 bridgehead atoms. The van der Waals surface area contributed by atoms with E-state index in [4.69, 9.17) is 24.4 Å². The molecule has 250 valence electrons. The Morgan fingerprint density at radius 1 is 0.723 bits per heavy atom. The molecule has 4 heterocycles. The first-order valence-corrected chi connectivity index (χ1v) is 16.5. The van der Waals surface area contributed by atoms with Crippen LogP contribution in [0.1, 0.15) is 38.1 Å². The SMILES string of the molecule is CC(C)N1CCN(C(=O)c2ccc(NC(=O)Nc3ccc(-c4nc(N5CCOC[C@H]5C)nc(N5CCOC[C@@H]5C)n4)cc3)cc2)CC1. The van der Waals surface area contributed by atoms with Gasteiger partial charge in [-0.3, -0.25) is 9.69 Å². The molecule has 47 heavy (non-hydrogen) atoms. The van der Waals surface area contributed by atoms with Crippen molar-refractivity contribution in [2.24, 2.45) is 0 Å². The van der Waals surface area contributed by atoms with Crippen LogP contribution in [0.3, 0.4) is 0 Å². The number of morpholine rings is 2. The normalized spacial score (nSPS) is 20.7. The topological polar surface area (TPSA) is 128 Å². The molecule has 6 rings (SSSR count). The molecule has 0 saturated carbocycles. The van der Waals surface area contributed by atoms with Crippen molar-refractivity contribution in [3.05, 3.63) is 54.1 Å². The number of piperazine rings is 1. The lowest BCUT2D eigenvalue weighted by atomic mass is 10.1. The van der Waals surface area contributed by atoms with E-state index >= 15 is 0 Å². The van der Waals surface area contributed by atoms with E-state index in [0.717, 1.165) is 18.7 Å². The highest BCUT2D eigenvalue weighted by Crippen LogP contribution is 2.26. The van der Waals surface area contributed by atoms with E-state index in [1.54, 1.807) is 24.3 Å². The van der Waals surface area contributed by atoms with Gasteiger partial charge < -0.3 is 34.8 Å². The Balaban J connectivity index is 1.10. The Morgan fingerprint density at radius 2 is 1.23 bits per heavy atom. The molecule has 2 N–H and O–H groups in total. The Hall–Kier alpha value is -4.33. The molecule has 3 fully saturated rings. The lowest BCUT2D eigenvalue weighted by Crippen LogP contribution is -2.50. The Morgan fingerprint density at radius 3 is 1.72 bits per heavy atom. The van der Waals surface area contributed by atoms with Crippen LogP contribution in [-0.2, 0) is 9.47 Å². The first-order chi connectivity index (χ1) is 22.7. The molecule has 0 unspecified atom stereocenters. The fraction of sp³-hybridized carbons (Fsp3) is 0.500. The second-order valence-electron chi connectivity index (χ2n) is 12.6. The van der Waals surface area contributed by atoms with Gasteiger partial charge in [-0.05, 0) is 76.2 Å². The molecule has 3 amide bonds. The largest absolute Gasteiger partial charge is 0.377 e. The number of nitrogens with one attached hydrogen (secondary N) is 2. The molecule has 3 aliphatic rings. The molecule has 0 radical (unpaired) electrons. The molecule has 0 spiro atoms. The highest BCUT2D eigenvalue weighted by atomic mass is 16.5. The molecule has 1 aromatic heterocycles. The number of amides is 3. The van der Waals surface area contributed by atoms with Crippen molar-refractivity contribution in [2.75, 3.05) is 86.1 Å². The molecule has 0 aliphatic carbocycles. The molecule has 13 heteroatoms. The Bertz CT molecular complexity index is 1490. The lowest BCUT2D eigenvalue weighted by molar-refractivity contribution is 0.0595. The van der Waals surface area contributed by atoms with Crippen LogP contribution in [0.5, 0.6) is 0 Å². The van der Waals surface area contributed by atoms with Gasteiger partial charge in [0.2, 0.25) is 11.9 Å². The van der Waals surface area contributed by atoms with Gasteiger partial charge in [-0.2, -0.15) is 15.0 Å². The molecule has 3 aromatic rings. The highest BCUT2D eigenvalue weighted by molar-refractivity contribution is 6.00. The lowest BCUT2D eigenvalue weighted by Gasteiger charge is -2.37. The van der Waals surface area contributed by atoms with E-state index in [2.05, 4.69) is 53.0 Å². The number of urea groups is 1. The monoisotopic (exact) mass is 643 g/mol. The summed E-state index contributed by atoms with van der Waals surface area (Å²) in [6, 6.07) is 14.8. The van der Waals surface area contributed by atoms with Crippen LogP contribution in [-0.4, -0.2) is 121 Å². The third-order valence-electron chi connectivity index (χ3n) is 8.98. The fourth-order valence-electron chi connectivity index (χ4n) is 6.10. The molecular formula is C34H45N9O4. The number of benzene rings is 2. The zero-order chi connectivity index (χ0) is 32.9. The van der Waals surface area contributed by atoms with Gasteiger partial charge >= 0.3 is 6.03 Å². The maximum Gasteiger partial charge on any atom is 0.323 e. The predicted octanol–water partition coefficient (Wildman–Crippen LogP) is 3.80. The summed E-state index contributed by atoms with van der Waals surface area (Å²) < 4.78 is 11.3. The van der Waals surface area contributed by atoms with Crippen molar-refractivity contribution in [3.8, 4) is 11.4 Å². The number of aromatic nitrogens is 3. The van der Waals surface area contributed by atoms with Crippen molar-refractivity contribution in [1.29, 1.82) is 0 Å². The minimum atomic E-state index is -0.381. The van der Waals surface area contributed by atoms with Gasteiger partial charge in [0.25, 0.3) is 5.91 Å². The van der Waals surface area contributed by atoms with E-state index in [1.165, 1.54) is 0 Å². The van der Waals surface area contributed by atoms with Gasteiger partial charge in [-0.1, -0.05) is 0 Å². The number of carbonyl (C=O) groups excluding carboxylic acids is 2. The fourth-order valence-corrected chi connectivity index (χ4v) is 6.10. The number of ether oxygens (including phenoxy) is 2. The Labute approximate surface area is 276 Å². The second kappa shape index (κ2) is 14.6. The standard InChI is InChI=1S/C34H45N9O4/c1-23(2)40-13-15-41(16-14-40)31(44)27-7-11-29(12-8-27)36-34(45)35-28-9-5-26(6-10-28)30-37-32(42-17-19-46-21-24(42)3)39-33(38-30)43-18-20-47-22-25(43)4/h5-12,23-25H,13-22H2,1-4H3,(H2,35,36,45)/t24-,25+. The van der Waals surface area contributed by atoms with Crippen molar-refractivity contribution < 1.29 is 19.1 Å². The zero-order valence-electron chi connectivity index (χ0n) is 27.7. The van der Waals surface area contributed by atoms with Crippen LogP contribution in [0.15, 0.2) is 48.5 Å². The van der Waals surface area contributed by atoms with E-state index in [0.29, 0.717) is 93.3 Å². The smallest absolute Gasteiger partial charge is 0.323 e. The molecule has 3 aliphatic heterocycles. The average Bonchev–Trinajstić information content (AvgIpc) is 3.09. The van der Waals surface area contributed by atoms with Crippen LogP contribution in [0.25, 0.3) is 11.4 Å². The number of nitrogens with zero attached hydrogens (tertiary/aromatic N) is 7. The van der Waals surface area contributed by atoms with Gasteiger partial charge in [0.1, 0.15) is 0 Å². The van der Waals surface area contributed by atoms with Crippen LogP contribution in [0.2, 0.25) is 0 Å². The predicted molar refractivity (Wildman–Crippen MR) is 182 cm³/mol. The third kappa shape index (κ3) is 7.80. The summed E-state index contributed by atoms with van der Waals surface area (Å²) in [5, 5.41) is 5.73. The number of carbonyl (C=O) groups is 2. The maximum atomic E-state index is 13.0. The summed E-state index contributed by atoms with van der Waals surface area (Å²) in [5.41, 5.74) is 2.64. The van der Waals surface area contributed by atoms with Gasteiger partial charge in [0.05, 0.1) is 38.5 Å². The summed E-state index contributed by atoms with van der Waals surface area (Å²) in [4.78, 5) is 49.0. The quantitative estimate of drug-likeness (QED) is 0.393. The van der Waals surface area contributed by atoms with Crippen molar-refractivity contribution in [3.63, 3.8) is 0 Å². The van der Waals surface area contributed by atoms with Crippen LogP contribution in [0, 0.1) is 0 Å². The first-order valence-electron chi connectivity index (χ1n) is 16.5. The van der Waals surface area contributed by atoms with E-state index in [-0.39, 0.29) is 24.0 Å². The minimum absolute atomic E-state index is 0.0147. The van der Waals surface area contributed by atoms with Crippen molar-refractivity contribution in [2.45, 2.75) is 45.8 Å². The number of rotatable bonds is 7. The Kier molecular flexibility index (Phi) is 10.1. The third-order valence-corrected chi connectivity index (χ3v) is 8.98. The van der Waals surface area contributed by atoms with Crippen molar-refractivity contribution >= 4 is 35.2 Å². The number of anilines is 4. The summed E-state index contributed by atoms with van der Waals surface area (Å²) in [7, 11) is 0. The van der Waals surface area contributed by atoms with E-state index in [1.807, 2.05) is 29.2 Å². The number of hydrogen-bond acceptors (Lipinski definition) is 10. The van der Waals surface area contributed by atoms with Crippen LogP contribution < -0.4 is 20.4 Å². The summed E-state index contributed by atoms with van der Waals surface area (Å²) in [6.07, 6.45) is 0. The minimum Gasteiger partial charge on any atom is -0.377 e. The summed E-state index contributed by atoms with van der Waals surface area (Å²) in [5.74, 6) is 1.83. The number of hydrogen-bond donors (Lipinski definition) is 2. The first kappa shape index (κ1) is 32.6. The molecule has 3 saturated heterocycles. The van der Waals surface area contributed by atoms with E-state index in [9.17, 15) is 9.59 Å². The second-order valence-corrected chi connectivity index (χ2v) is 12.6. The van der Waals surface area contributed by atoms with E-state index < -0.39 is 0 Å². The van der Waals surface area contributed by atoms with Crippen LogP contribution >= 0.6 is 0 Å². The summed E-state index contributed by atoms with van der Waals surface area (Å²) >= 11 is 0. The van der Waals surface area contributed by atoms with Gasteiger partial charge in [0.15, 0.2) is 5.82 Å². The maximum absolute atomic E-state index is 13.0. The molecular weight excluding hydrogens is 598 g/mol. The van der Waals surface area contributed by atoms with Crippen LogP contribution in [0.4, 0.5) is 28.1 Å². The zero-order valence-corrected chi connectivity index (χ0v) is 27.7. The average molecular weight is 644 g/mol. The summed E-state index contributed by atoms with van der Waals surface area (Å²) in [6.45, 7) is 15.6. The van der Waals surface area contributed by atoms with Gasteiger partial charge in [-0.25, -0.2) is 4.79 Å².